The van der Waals surface area contributed by atoms with Crippen molar-refractivity contribution in [2.24, 2.45) is 0 Å². The molecule has 0 saturated heterocycles. The van der Waals surface area contributed by atoms with Crippen molar-refractivity contribution >= 4 is 38.0 Å². The van der Waals surface area contributed by atoms with Crippen molar-refractivity contribution in [3.05, 3.63) is 114 Å². The fourth-order valence-corrected chi connectivity index (χ4v) is 3.47. The number of anilines is 2. The largest absolute Gasteiger partial charge is 1.00 e. The normalized spacial score (nSPS) is 9.11. The summed E-state index contributed by atoms with van der Waals surface area (Å²) in [4.78, 5) is 38.1. The Balaban J connectivity index is 0. The van der Waals surface area contributed by atoms with Crippen molar-refractivity contribution in [3.63, 3.8) is 0 Å². The molecule has 12 nitrogen and oxygen atoms in total. The molecule has 243 valence electrons. The van der Waals surface area contributed by atoms with Crippen molar-refractivity contribution in [1.29, 1.82) is 5.26 Å². The zero-order valence-electron chi connectivity index (χ0n) is 27.1. The van der Waals surface area contributed by atoms with Gasteiger partial charge >= 0.3 is 41.5 Å². The molecule has 4 rings (SSSR count). The standard InChI is InChI=1S/C16H20N2O3.C9H10O2.C7H10N2O2.CN.B.Na/c1-2-21-16(19)15-14(8-9-18-15)17-10-11-20-12-13-6-4-3-5-7-13;10-6-7-11-8-9-4-2-1-3-5-9;1-2-11-7(10)6-5(8)3-4-9-6;1-2;;/h3-9,17-18H,2,10-12H2,1H3;1-6H,7-8H2;3-4,9H,2,8H2,1H3;;;/q;;;-1;;+1. The predicted molar refractivity (Wildman–Crippen MR) is 175 cm³/mol. The van der Waals surface area contributed by atoms with Crippen LogP contribution in [0.1, 0.15) is 46.0 Å². The summed E-state index contributed by atoms with van der Waals surface area (Å²) in [6.45, 7) is 11.4. The first-order chi connectivity index (χ1) is 22.0. The molecule has 0 amide bonds. The van der Waals surface area contributed by atoms with Gasteiger partial charge in [-0.2, -0.15) is 0 Å². The first kappa shape index (κ1) is 44.8. The number of nitrogens with two attached hydrogens (primary N) is 1. The van der Waals surface area contributed by atoms with Gasteiger partial charge in [-0.25, -0.2) is 9.59 Å². The number of carbonyl (C=O) groups excluding carboxylic acids is 3. The first-order valence-corrected chi connectivity index (χ1v) is 14.1. The Kier molecular flexibility index (Phi) is 27.8. The van der Waals surface area contributed by atoms with Crippen LogP contribution in [0.5, 0.6) is 0 Å². The third-order valence-electron chi connectivity index (χ3n) is 5.46. The molecule has 4 aromatic rings. The summed E-state index contributed by atoms with van der Waals surface area (Å²) in [5.74, 6) is -0.759. The molecule has 5 N–H and O–H groups in total. The first-order valence-electron chi connectivity index (χ1n) is 14.1. The van der Waals surface area contributed by atoms with E-state index in [-0.39, 0.29) is 50.5 Å². The van der Waals surface area contributed by atoms with Crippen LogP contribution in [0.3, 0.4) is 0 Å². The number of benzene rings is 2. The van der Waals surface area contributed by atoms with Crippen molar-refractivity contribution in [2.75, 3.05) is 44.0 Å². The zero-order chi connectivity index (χ0) is 33.1. The molecule has 0 atom stereocenters. The molecule has 3 radical (unpaired) electrons. The molecule has 14 heteroatoms. The number of H-pyrrole nitrogens is 2. The summed E-state index contributed by atoms with van der Waals surface area (Å²) in [5.41, 5.74) is 9.60. The van der Waals surface area contributed by atoms with Crippen molar-refractivity contribution in [3.8, 4) is 0 Å². The second-order valence-corrected chi connectivity index (χ2v) is 8.65. The van der Waals surface area contributed by atoms with Crippen LogP contribution in [0.15, 0.2) is 85.2 Å². The molecule has 2 aromatic carbocycles. The van der Waals surface area contributed by atoms with Gasteiger partial charge in [0.25, 0.3) is 0 Å². The van der Waals surface area contributed by atoms with E-state index in [1.165, 1.54) is 0 Å². The molecular weight excluding hydrogens is 612 g/mol. The maximum absolute atomic E-state index is 11.7. The van der Waals surface area contributed by atoms with Gasteiger partial charge in [0.15, 0.2) is 0 Å². The van der Waals surface area contributed by atoms with E-state index < -0.39 is 5.97 Å². The summed E-state index contributed by atoms with van der Waals surface area (Å²) in [6, 6.07) is 23.2. The molecule has 0 unspecified atom stereocenters. The number of rotatable bonds is 14. The van der Waals surface area contributed by atoms with Crippen LogP contribution in [-0.2, 0) is 37.0 Å². The minimum absolute atomic E-state index is 0. The summed E-state index contributed by atoms with van der Waals surface area (Å²) in [5, 5.41) is 9.41. The van der Waals surface area contributed by atoms with Crippen LogP contribution in [0.4, 0.5) is 11.4 Å². The van der Waals surface area contributed by atoms with Crippen LogP contribution in [0, 0.1) is 11.8 Å². The van der Waals surface area contributed by atoms with Gasteiger partial charge in [0.05, 0.1) is 44.4 Å². The number of nitrogens with one attached hydrogen (secondary N) is 3. The number of nitrogen functional groups attached to an aromatic ring is 1. The van der Waals surface area contributed by atoms with Crippen LogP contribution in [0.25, 0.3) is 0 Å². The van der Waals surface area contributed by atoms with Crippen LogP contribution in [-0.4, -0.2) is 69.6 Å². The minimum atomic E-state index is -0.407. The summed E-state index contributed by atoms with van der Waals surface area (Å²) >= 11 is 0. The number of hydrogen-bond donors (Lipinski definition) is 4. The average Bonchev–Trinajstić information content (AvgIpc) is 3.73. The average molecular weight is 653 g/mol. The van der Waals surface area contributed by atoms with Gasteiger partial charge in [0.2, 0.25) is 0 Å². The third kappa shape index (κ3) is 19.1. The Morgan fingerprint density at radius 1 is 0.809 bits per heavy atom. The fraction of sp³-hybridized carbons (Fsp3) is 0.273. The Labute approximate surface area is 300 Å². The van der Waals surface area contributed by atoms with E-state index in [1.54, 1.807) is 32.3 Å². The zero-order valence-corrected chi connectivity index (χ0v) is 29.1. The number of esters is 2. The van der Waals surface area contributed by atoms with Crippen molar-refractivity contribution in [1.82, 2.24) is 9.97 Å². The number of ether oxygens (including phenoxy) is 4. The topological polar surface area (TPSA) is 182 Å². The number of aromatic nitrogens is 2. The Hall–Kier alpha value is -4.32. The van der Waals surface area contributed by atoms with Gasteiger partial charge in [-0.05, 0) is 37.1 Å². The predicted octanol–water partition coefficient (Wildman–Crippen LogP) is 1.72. The van der Waals surface area contributed by atoms with Gasteiger partial charge in [-0.15, -0.1) is 0 Å². The molecule has 0 aliphatic rings. The molecule has 0 spiro atoms. The Bertz CT molecular complexity index is 1390. The number of aldehydes is 1. The second kappa shape index (κ2) is 29.1. The SMILES string of the molecule is CCOC(=O)c1[nH]ccc1N.CCOC(=O)c1[nH]ccc1NCCOCc1ccccc1.O=CCOCc1ccccc1.[B].[C-]#N.[Na+]. The van der Waals surface area contributed by atoms with Crippen LogP contribution < -0.4 is 40.6 Å². The molecule has 0 fully saturated rings. The molecule has 2 aromatic heterocycles. The fourth-order valence-electron chi connectivity index (χ4n) is 3.47. The number of aromatic amines is 2. The van der Waals surface area contributed by atoms with Crippen molar-refractivity contribution in [2.45, 2.75) is 27.1 Å². The van der Waals surface area contributed by atoms with E-state index in [9.17, 15) is 14.4 Å². The van der Waals surface area contributed by atoms with Gasteiger partial charge in [-0.3, -0.25) is 0 Å². The van der Waals surface area contributed by atoms with Gasteiger partial charge < -0.3 is 56.6 Å². The maximum Gasteiger partial charge on any atom is 1.00 e. The quantitative estimate of drug-likeness (QED) is 0.0515. The van der Waals surface area contributed by atoms with E-state index in [2.05, 4.69) is 15.3 Å². The Morgan fingerprint density at radius 2 is 1.30 bits per heavy atom. The van der Waals surface area contributed by atoms with E-state index >= 15 is 0 Å². The van der Waals surface area contributed by atoms with E-state index in [4.69, 9.17) is 36.5 Å². The smallest absolute Gasteiger partial charge is 0.512 e. The summed E-state index contributed by atoms with van der Waals surface area (Å²) in [6.07, 6.45) is 4.06. The molecule has 0 aliphatic carbocycles. The monoisotopic (exact) mass is 652 g/mol. The third-order valence-corrected chi connectivity index (χ3v) is 5.46. The molecule has 0 aliphatic heterocycles. The van der Waals surface area contributed by atoms with E-state index in [0.29, 0.717) is 56.7 Å². The van der Waals surface area contributed by atoms with Crippen LogP contribution >= 0.6 is 0 Å². The minimum Gasteiger partial charge on any atom is -0.512 e. The Morgan fingerprint density at radius 3 is 1.79 bits per heavy atom. The van der Waals surface area contributed by atoms with Crippen LogP contribution in [0.2, 0.25) is 0 Å². The summed E-state index contributed by atoms with van der Waals surface area (Å²) in [7, 11) is 0. The van der Waals surface area contributed by atoms with E-state index in [1.807, 2.05) is 66.7 Å². The molecular formula is C33H40BN5NaO7. The van der Waals surface area contributed by atoms with E-state index in [0.717, 1.165) is 23.1 Å². The molecule has 2 heterocycles. The molecule has 47 heavy (non-hydrogen) atoms. The van der Waals surface area contributed by atoms with Crippen molar-refractivity contribution < 1.29 is 62.9 Å². The maximum atomic E-state index is 11.7. The number of carbonyl (C=O) groups is 3. The second-order valence-electron chi connectivity index (χ2n) is 8.65. The number of hydrogen-bond acceptors (Lipinski definition) is 10. The summed E-state index contributed by atoms with van der Waals surface area (Å²) < 4.78 is 20.3. The molecule has 0 saturated carbocycles. The van der Waals surface area contributed by atoms with Gasteiger partial charge in [0, 0.05) is 27.4 Å². The number of nitrogens with zero attached hydrogens (tertiary/aromatic N) is 1. The van der Waals surface area contributed by atoms with Gasteiger partial charge in [-0.1, -0.05) is 60.7 Å². The molecule has 0 bridgehead atoms. The van der Waals surface area contributed by atoms with Gasteiger partial charge in [0.1, 0.15) is 24.3 Å².